The minimum absolute atomic E-state index is 0.0386. The van der Waals surface area contributed by atoms with Crippen LogP contribution >= 0.6 is 0 Å². The van der Waals surface area contributed by atoms with E-state index in [2.05, 4.69) is 4.98 Å². The van der Waals surface area contributed by atoms with Gasteiger partial charge in [-0.25, -0.2) is 8.42 Å². The molecule has 0 aliphatic rings. The van der Waals surface area contributed by atoms with Crippen molar-refractivity contribution >= 4 is 15.7 Å². The molecule has 2 aromatic rings. The Hall–Kier alpha value is -2.17. The quantitative estimate of drug-likeness (QED) is 0.629. The third kappa shape index (κ3) is 4.32. The number of nitrogens with two attached hydrogens (primary N) is 1. The van der Waals surface area contributed by atoms with Gasteiger partial charge >= 0.3 is 6.18 Å². The minimum atomic E-state index is -4.59. The Kier molecular flexibility index (Phi) is 5.59. The number of nitrogen functional groups attached to an aromatic ring is 1. The monoisotopic (exact) mass is 388 g/mol. The molecule has 0 amide bonds. The number of sulfonamides is 1. The average Bonchev–Trinajstić information content (AvgIpc) is 2.53. The zero-order valence-electron chi connectivity index (χ0n) is 14.4. The highest BCUT2D eigenvalue weighted by atomic mass is 32.2. The van der Waals surface area contributed by atoms with Crippen LogP contribution in [-0.4, -0.2) is 50.4 Å². The van der Waals surface area contributed by atoms with Crippen molar-refractivity contribution in [3.05, 3.63) is 42.2 Å². The van der Waals surface area contributed by atoms with Gasteiger partial charge < -0.3 is 5.73 Å². The number of aromatic nitrogens is 1. The second-order valence-electron chi connectivity index (χ2n) is 6.04. The maximum atomic E-state index is 13.0. The molecule has 0 atom stereocenters. The molecule has 1 heterocycles. The van der Waals surface area contributed by atoms with Gasteiger partial charge in [0.05, 0.1) is 17.1 Å². The fraction of sp³-hybridized carbons (Fsp3) is 0.312. The topological polar surface area (TPSA) is 79.5 Å². The van der Waals surface area contributed by atoms with Crippen LogP contribution in [0.1, 0.15) is 5.56 Å². The number of pyridine rings is 1. The first kappa shape index (κ1) is 20.1. The summed E-state index contributed by atoms with van der Waals surface area (Å²) in [7, 11) is 0.795. The maximum absolute atomic E-state index is 13.0. The molecular formula is C16H19F3N4O2S. The Morgan fingerprint density at radius 1 is 1.12 bits per heavy atom. The van der Waals surface area contributed by atoms with Crippen LogP contribution < -0.4 is 5.73 Å². The van der Waals surface area contributed by atoms with E-state index in [0.717, 1.165) is 10.4 Å². The van der Waals surface area contributed by atoms with Gasteiger partial charge in [-0.1, -0.05) is 6.07 Å². The first-order chi connectivity index (χ1) is 11.9. The number of halogens is 3. The van der Waals surface area contributed by atoms with E-state index < -0.39 is 21.8 Å². The molecule has 26 heavy (non-hydrogen) atoms. The molecule has 2 N–H and O–H groups in total. The third-order valence-electron chi connectivity index (χ3n) is 3.55. The van der Waals surface area contributed by atoms with Crippen LogP contribution in [0.25, 0.3) is 11.1 Å². The second kappa shape index (κ2) is 7.22. The summed E-state index contributed by atoms with van der Waals surface area (Å²) in [6.45, 7) is 0.0947. The Balaban J connectivity index is 2.63. The number of rotatable bonds is 5. The van der Waals surface area contributed by atoms with Crippen molar-refractivity contribution in [1.82, 2.24) is 14.2 Å². The molecule has 0 aliphatic heterocycles. The smallest absolute Gasteiger partial charge is 0.399 e. The van der Waals surface area contributed by atoms with Gasteiger partial charge in [0.2, 0.25) is 10.0 Å². The summed E-state index contributed by atoms with van der Waals surface area (Å²) in [4.78, 5) is 5.07. The van der Waals surface area contributed by atoms with Crippen molar-refractivity contribution in [2.45, 2.75) is 11.1 Å². The number of nitrogens with zero attached hydrogens (tertiary/aromatic N) is 3. The SMILES string of the molecule is CN(C)CN(C)S(=O)(=O)c1cc(N)ccc1-c1cncc(C(F)(F)F)c1. The molecule has 1 aromatic carbocycles. The van der Waals surface area contributed by atoms with E-state index in [1.54, 1.807) is 19.0 Å². The maximum Gasteiger partial charge on any atom is 0.417 e. The summed E-state index contributed by atoms with van der Waals surface area (Å²) in [5, 5.41) is 0. The van der Waals surface area contributed by atoms with Gasteiger partial charge in [-0.15, -0.1) is 0 Å². The first-order valence-electron chi connectivity index (χ1n) is 7.46. The molecule has 0 radical (unpaired) electrons. The van der Waals surface area contributed by atoms with Gasteiger partial charge in [0.25, 0.3) is 0 Å². The van der Waals surface area contributed by atoms with E-state index in [-0.39, 0.29) is 28.4 Å². The second-order valence-corrected chi connectivity index (χ2v) is 8.05. The Labute approximate surface area is 150 Å². The number of hydrogen-bond donors (Lipinski definition) is 1. The number of alkyl halides is 3. The standard InChI is InChI=1S/C16H19F3N4O2S/c1-22(2)10-23(3)26(24,25)15-7-13(20)4-5-14(15)11-6-12(9-21-8-11)16(17,18)19/h4-9H,10,20H2,1-3H3. The summed E-state index contributed by atoms with van der Waals surface area (Å²) in [5.74, 6) is 0. The summed E-state index contributed by atoms with van der Waals surface area (Å²) < 4.78 is 65.8. The predicted molar refractivity (Wildman–Crippen MR) is 92.6 cm³/mol. The predicted octanol–water partition coefficient (Wildman–Crippen LogP) is 2.49. The summed E-state index contributed by atoms with van der Waals surface area (Å²) in [6, 6.07) is 4.91. The fourth-order valence-electron chi connectivity index (χ4n) is 2.38. The van der Waals surface area contributed by atoms with Gasteiger partial charge in [-0.05, 0) is 32.3 Å². The molecule has 10 heteroatoms. The molecule has 142 valence electrons. The normalized spacial score (nSPS) is 12.8. The van der Waals surface area contributed by atoms with Gasteiger partial charge in [0.15, 0.2) is 0 Å². The van der Waals surface area contributed by atoms with E-state index in [1.807, 2.05) is 0 Å². The lowest BCUT2D eigenvalue weighted by atomic mass is 10.1. The number of hydrogen-bond acceptors (Lipinski definition) is 5. The average molecular weight is 388 g/mol. The van der Waals surface area contributed by atoms with Crippen LogP contribution in [0.15, 0.2) is 41.6 Å². The van der Waals surface area contributed by atoms with E-state index in [9.17, 15) is 21.6 Å². The van der Waals surface area contributed by atoms with Gasteiger partial charge in [0, 0.05) is 36.3 Å². The molecule has 2 rings (SSSR count). The lowest BCUT2D eigenvalue weighted by Crippen LogP contribution is -2.35. The van der Waals surface area contributed by atoms with Crippen LogP contribution in [0, 0.1) is 0 Å². The molecule has 0 fully saturated rings. The fourth-order valence-corrected chi connectivity index (χ4v) is 3.84. The van der Waals surface area contributed by atoms with E-state index in [0.29, 0.717) is 6.20 Å². The molecule has 0 saturated heterocycles. The highest BCUT2D eigenvalue weighted by Crippen LogP contribution is 2.35. The van der Waals surface area contributed by atoms with Crippen molar-refractivity contribution in [2.24, 2.45) is 0 Å². The summed E-state index contributed by atoms with van der Waals surface area (Å²) >= 11 is 0. The highest BCUT2D eigenvalue weighted by molar-refractivity contribution is 7.89. The van der Waals surface area contributed by atoms with Crippen LogP contribution in [-0.2, 0) is 16.2 Å². The molecule has 0 aliphatic carbocycles. The molecular weight excluding hydrogens is 369 g/mol. The van der Waals surface area contributed by atoms with Crippen molar-refractivity contribution in [2.75, 3.05) is 33.5 Å². The lowest BCUT2D eigenvalue weighted by molar-refractivity contribution is -0.137. The van der Waals surface area contributed by atoms with Crippen LogP contribution in [0.4, 0.5) is 18.9 Å². The zero-order chi connectivity index (χ0) is 19.7. The zero-order valence-corrected chi connectivity index (χ0v) is 15.3. The van der Waals surface area contributed by atoms with Crippen molar-refractivity contribution in [3.63, 3.8) is 0 Å². The van der Waals surface area contributed by atoms with E-state index >= 15 is 0 Å². The molecule has 0 unspecified atom stereocenters. The van der Waals surface area contributed by atoms with Crippen LogP contribution in [0.5, 0.6) is 0 Å². The number of benzene rings is 1. The van der Waals surface area contributed by atoms with Crippen LogP contribution in [0.3, 0.4) is 0 Å². The van der Waals surface area contributed by atoms with Crippen LogP contribution in [0.2, 0.25) is 0 Å². The minimum Gasteiger partial charge on any atom is -0.399 e. The molecule has 0 bridgehead atoms. The summed E-state index contributed by atoms with van der Waals surface area (Å²) in [5.41, 5.74) is 5.08. The van der Waals surface area contributed by atoms with Gasteiger partial charge in [0.1, 0.15) is 0 Å². The highest BCUT2D eigenvalue weighted by Gasteiger charge is 2.32. The number of anilines is 1. The summed E-state index contributed by atoms with van der Waals surface area (Å²) in [6.07, 6.45) is -2.71. The van der Waals surface area contributed by atoms with E-state index in [1.165, 1.54) is 31.4 Å². The van der Waals surface area contributed by atoms with Crippen molar-refractivity contribution < 1.29 is 21.6 Å². The van der Waals surface area contributed by atoms with Gasteiger partial charge in [-0.3, -0.25) is 9.88 Å². The lowest BCUT2D eigenvalue weighted by Gasteiger charge is -2.23. The molecule has 0 spiro atoms. The first-order valence-corrected chi connectivity index (χ1v) is 8.90. The van der Waals surface area contributed by atoms with Crippen molar-refractivity contribution in [3.8, 4) is 11.1 Å². The molecule has 0 saturated carbocycles. The largest absolute Gasteiger partial charge is 0.417 e. The van der Waals surface area contributed by atoms with Crippen molar-refractivity contribution in [1.29, 1.82) is 0 Å². The van der Waals surface area contributed by atoms with Gasteiger partial charge in [-0.2, -0.15) is 17.5 Å². The molecule has 6 nitrogen and oxygen atoms in total. The third-order valence-corrected chi connectivity index (χ3v) is 5.38. The Bertz CT molecular complexity index is 899. The molecule has 1 aromatic heterocycles. The van der Waals surface area contributed by atoms with E-state index in [4.69, 9.17) is 5.73 Å². The Morgan fingerprint density at radius 2 is 1.77 bits per heavy atom. The Morgan fingerprint density at radius 3 is 2.35 bits per heavy atom.